The summed E-state index contributed by atoms with van der Waals surface area (Å²) in [6.45, 7) is 1.09. The highest BCUT2D eigenvalue weighted by Gasteiger charge is 2.50. The third-order valence-electron chi connectivity index (χ3n) is 5.72. The average molecular weight is 416 g/mol. The highest BCUT2D eigenvalue weighted by molar-refractivity contribution is 6.10. The SMILES string of the molecule is C[C@]1(c2ccc3c(c2)OCO3)NC(=O)N(CC(=O)NC(=O)NC2CCCCC2)C1=O. The van der Waals surface area contributed by atoms with E-state index in [0.717, 1.165) is 37.0 Å². The van der Waals surface area contributed by atoms with Gasteiger partial charge in [0.2, 0.25) is 12.7 Å². The summed E-state index contributed by atoms with van der Waals surface area (Å²) in [6.07, 6.45) is 4.98. The smallest absolute Gasteiger partial charge is 0.325 e. The van der Waals surface area contributed by atoms with Gasteiger partial charge in [0.15, 0.2) is 11.5 Å². The maximum Gasteiger partial charge on any atom is 0.325 e. The number of carbonyl (C=O) groups is 4. The minimum absolute atomic E-state index is 0.0394. The number of amides is 6. The molecular formula is C20H24N4O6. The van der Waals surface area contributed by atoms with E-state index in [1.807, 2.05) is 0 Å². The first-order valence-corrected chi connectivity index (χ1v) is 10.0. The Morgan fingerprint density at radius 2 is 1.90 bits per heavy atom. The third-order valence-corrected chi connectivity index (χ3v) is 5.72. The number of nitrogens with zero attached hydrogens (tertiary/aromatic N) is 1. The van der Waals surface area contributed by atoms with E-state index < -0.39 is 36.0 Å². The van der Waals surface area contributed by atoms with Crippen molar-refractivity contribution in [3.63, 3.8) is 0 Å². The van der Waals surface area contributed by atoms with Crippen LogP contribution >= 0.6 is 0 Å². The van der Waals surface area contributed by atoms with Crippen LogP contribution < -0.4 is 25.4 Å². The predicted octanol–water partition coefficient (Wildman–Crippen LogP) is 1.34. The van der Waals surface area contributed by atoms with Crippen molar-refractivity contribution in [1.29, 1.82) is 0 Å². The van der Waals surface area contributed by atoms with Crippen molar-refractivity contribution in [3.05, 3.63) is 23.8 Å². The Kier molecular flexibility index (Phi) is 5.23. The van der Waals surface area contributed by atoms with Crippen LogP contribution in [0.3, 0.4) is 0 Å². The van der Waals surface area contributed by atoms with Gasteiger partial charge in [-0.3, -0.25) is 19.8 Å². The lowest BCUT2D eigenvalue weighted by atomic mass is 9.91. The van der Waals surface area contributed by atoms with Crippen molar-refractivity contribution in [2.75, 3.05) is 13.3 Å². The summed E-state index contributed by atoms with van der Waals surface area (Å²) >= 11 is 0. The molecule has 0 radical (unpaired) electrons. The molecule has 160 valence electrons. The zero-order valence-electron chi connectivity index (χ0n) is 16.7. The van der Waals surface area contributed by atoms with Gasteiger partial charge in [-0.15, -0.1) is 0 Å². The standard InChI is InChI=1S/C20H24N4O6/c1-20(12-7-8-14-15(9-12)30-11-29-14)17(26)24(19(28)23-20)10-16(25)22-18(27)21-13-5-3-2-4-6-13/h7-9,13H,2-6,10-11H2,1H3,(H,23,28)(H2,21,22,25,27)/t20-/m1/s1. The number of carbonyl (C=O) groups excluding carboxylic acids is 4. The zero-order valence-corrected chi connectivity index (χ0v) is 16.7. The van der Waals surface area contributed by atoms with Crippen molar-refractivity contribution in [2.24, 2.45) is 0 Å². The van der Waals surface area contributed by atoms with Gasteiger partial charge in [0.05, 0.1) is 0 Å². The molecule has 1 saturated heterocycles. The van der Waals surface area contributed by atoms with Gasteiger partial charge in [-0.05, 0) is 37.5 Å². The molecule has 1 aromatic carbocycles. The molecule has 0 aromatic heterocycles. The Hall–Kier alpha value is -3.30. The Balaban J connectivity index is 1.38. The van der Waals surface area contributed by atoms with E-state index in [4.69, 9.17) is 9.47 Å². The Morgan fingerprint density at radius 3 is 2.67 bits per heavy atom. The fourth-order valence-electron chi connectivity index (χ4n) is 4.02. The Labute approximate surface area is 173 Å². The van der Waals surface area contributed by atoms with Crippen molar-refractivity contribution in [2.45, 2.75) is 50.6 Å². The van der Waals surface area contributed by atoms with Gasteiger partial charge in [0, 0.05) is 6.04 Å². The molecule has 10 nitrogen and oxygen atoms in total. The first kappa shape index (κ1) is 20.0. The number of hydrogen-bond donors (Lipinski definition) is 3. The van der Waals surface area contributed by atoms with Crippen LogP contribution in [-0.4, -0.2) is 48.2 Å². The third kappa shape index (κ3) is 3.77. The molecule has 1 aromatic rings. The molecule has 0 unspecified atom stereocenters. The van der Waals surface area contributed by atoms with Gasteiger partial charge in [-0.2, -0.15) is 0 Å². The molecule has 1 aliphatic carbocycles. The largest absolute Gasteiger partial charge is 0.454 e. The summed E-state index contributed by atoms with van der Waals surface area (Å²) in [7, 11) is 0. The van der Waals surface area contributed by atoms with E-state index in [1.54, 1.807) is 25.1 Å². The van der Waals surface area contributed by atoms with E-state index in [-0.39, 0.29) is 12.8 Å². The van der Waals surface area contributed by atoms with Gasteiger partial charge in [0.25, 0.3) is 5.91 Å². The summed E-state index contributed by atoms with van der Waals surface area (Å²) in [5, 5.41) is 7.58. The minimum Gasteiger partial charge on any atom is -0.454 e. The molecule has 2 fully saturated rings. The average Bonchev–Trinajstić information content (AvgIpc) is 3.27. The van der Waals surface area contributed by atoms with Gasteiger partial charge < -0.3 is 20.1 Å². The molecule has 4 rings (SSSR count). The van der Waals surface area contributed by atoms with Gasteiger partial charge in [-0.1, -0.05) is 25.3 Å². The number of imide groups is 2. The second-order valence-electron chi connectivity index (χ2n) is 7.87. The molecule has 1 atom stereocenters. The number of benzene rings is 1. The number of ether oxygens (including phenoxy) is 2. The molecule has 6 amide bonds. The second-order valence-corrected chi connectivity index (χ2v) is 7.87. The minimum atomic E-state index is -1.36. The van der Waals surface area contributed by atoms with E-state index in [0.29, 0.717) is 17.1 Å². The lowest BCUT2D eigenvalue weighted by Crippen LogP contribution is -2.49. The van der Waals surface area contributed by atoms with Crippen LogP contribution in [0.2, 0.25) is 0 Å². The summed E-state index contributed by atoms with van der Waals surface area (Å²) in [5.41, 5.74) is -0.856. The highest BCUT2D eigenvalue weighted by Crippen LogP contribution is 2.37. The highest BCUT2D eigenvalue weighted by atomic mass is 16.7. The van der Waals surface area contributed by atoms with Gasteiger partial charge in [-0.25, -0.2) is 9.59 Å². The number of hydrogen-bond acceptors (Lipinski definition) is 6. The number of rotatable bonds is 4. The van der Waals surface area contributed by atoms with Crippen LogP contribution in [0.25, 0.3) is 0 Å². The van der Waals surface area contributed by atoms with Gasteiger partial charge >= 0.3 is 12.1 Å². The van der Waals surface area contributed by atoms with Crippen LogP contribution in [0.4, 0.5) is 9.59 Å². The lowest BCUT2D eigenvalue weighted by molar-refractivity contribution is -0.134. The van der Waals surface area contributed by atoms with Crippen LogP contribution in [0.1, 0.15) is 44.6 Å². The summed E-state index contributed by atoms with van der Waals surface area (Å²) < 4.78 is 10.6. The monoisotopic (exact) mass is 416 g/mol. The molecular weight excluding hydrogens is 392 g/mol. The predicted molar refractivity (Wildman–Crippen MR) is 104 cm³/mol. The number of urea groups is 2. The van der Waals surface area contributed by atoms with E-state index in [1.165, 1.54) is 0 Å². The molecule has 0 spiro atoms. The lowest BCUT2D eigenvalue weighted by Gasteiger charge is -2.23. The first-order valence-electron chi connectivity index (χ1n) is 10.0. The summed E-state index contributed by atoms with van der Waals surface area (Å²) in [4.78, 5) is 50.5. The Bertz CT molecular complexity index is 897. The fourth-order valence-corrected chi connectivity index (χ4v) is 4.02. The summed E-state index contributed by atoms with van der Waals surface area (Å²) in [5.74, 6) is -0.290. The normalized spacial score (nSPS) is 23.3. The summed E-state index contributed by atoms with van der Waals surface area (Å²) in [6, 6.07) is 3.67. The molecule has 3 N–H and O–H groups in total. The van der Waals surface area contributed by atoms with Gasteiger partial charge in [0.1, 0.15) is 12.1 Å². The molecule has 0 bridgehead atoms. The van der Waals surface area contributed by atoms with Crippen LogP contribution in [0.5, 0.6) is 11.5 Å². The maximum atomic E-state index is 13.0. The maximum absolute atomic E-state index is 13.0. The number of fused-ring (bicyclic) bond motifs is 1. The molecule has 3 aliphatic rings. The molecule has 2 aliphatic heterocycles. The van der Waals surface area contributed by atoms with Crippen molar-refractivity contribution < 1.29 is 28.7 Å². The molecule has 10 heteroatoms. The quantitative estimate of drug-likeness (QED) is 0.636. The topological polar surface area (TPSA) is 126 Å². The second kappa shape index (κ2) is 7.85. The Morgan fingerprint density at radius 1 is 1.17 bits per heavy atom. The van der Waals surface area contributed by atoms with Crippen molar-refractivity contribution in [1.82, 2.24) is 20.9 Å². The van der Waals surface area contributed by atoms with Crippen molar-refractivity contribution in [3.8, 4) is 11.5 Å². The number of nitrogens with one attached hydrogen (secondary N) is 3. The van der Waals surface area contributed by atoms with E-state index in [9.17, 15) is 19.2 Å². The van der Waals surface area contributed by atoms with Crippen molar-refractivity contribution >= 4 is 23.9 Å². The molecule has 2 heterocycles. The van der Waals surface area contributed by atoms with E-state index in [2.05, 4.69) is 16.0 Å². The van der Waals surface area contributed by atoms with E-state index >= 15 is 0 Å². The molecule has 1 saturated carbocycles. The van der Waals surface area contributed by atoms with Crippen LogP contribution in [0, 0.1) is 0 Å². The first-order chi connectivity index (χ1) is 14.4. The fraction of sp³-hybridized carbons (Fsp3) is 0.500. The van der Waals surface area contributed by atoms with Crippen LogP contribution in [-0.2, 0) is 15.1 Å². The van der Waals surface area contributed by atoms with Crippen LogP contribution in [0.15, 0.2) is 18.2 Å². The zero-order chi connectivity index (χ0) is 21.3. The molecule has 30 heavy (non-hydrogen) atoms.